The number of furan rings is 1. The number of likely N-dealkylation sites (tertiary alicyclic amines) is 1. The molecule has 128 valence electrons. The minimum atomic E-state index is -4.44. The third-order valence-corrected chi connectivity index (χ3v) is 3.95. The molecule has 2 amide bonds. The summed E-state index contributed by atoms with van der Waals surface area (Å²) >= 11 is 0. The van der Waals surface area contributed by atoms with E-state index in [-0.39, 0.29) is 31.7 Å². The van der Waals surface area contributed by atoms with Gasteiger partial charge < -0.3 is 14.6 Å². The molecule has 0 unspecified atom stereocenters. The summed E-state index contributed by atoms with van der Waals surface area (Å²) in [6, 6.07) is -0.465. The lowest BCUT2D eigenvalue weighted by Crippen LogP contribution is -2.57. The van der Waals surface area contributed by atoms with Crippen LogP contribution in [0.4, 0.5) is 13.2 Å². The van der Waals surface area contributed by atoms with Gasteiger partial charge in [-0.25, -0.2) is 0 Å². The fourth-order valence-corrected chi connectivity index (χ4v) is 2.77. The fraction of sp³-hybridized carbons (Fsp3) is 0.600. The average molecular weight is 332 g/mol. The normalized spacial score (nSPS) is 22.0. The van der Waals surface area contributed by atoms with Gasteiger partial charge in [-0.2, -0.15) is 13.2 Å². The average Bonchev–Trinajstić information content (AvgIpc) is 2.97. The van der Waals surface area contributed by atoms with Crippen LogP contribution in [0, 0.1) is 0 Å². The van der Waals surface area contributed by atoms with Crippen molar-refractivity contribution < 1.29 is 27.2 Å². The molecule has 2 heterocycles. The van der Waals surface area contributed by atoms with Crippen LogP contribution in [0.25, 0.3) is 0 Å². The SMILES string of the molecule is CC(=O)N1C[C@H](NC(=O)CCc2ccoc2)CC[C@@H]1C(F)(F)F. The molecule has 1 aliphatic rings. The monoisotopic (exact) mass is 332 g/mol. The maximum Gasteiger partial charge on any atom is 0.408 e. The second-order valence-electron chi connectivity index (χ2n) is 5.70. The third-order valence-electron chi connectivity index (χ3n) is 3.95. The van der Waals surface area contributed by atoms with E-state index in [4.69, 9.17) is 4.42 Å². The van der Waals surface area contributed by atoms with Gasteiger partial charge in [-0.05, 0) is 30.9 Å². The van der Waals surface area contributed by atoms with Crippen molar-refractivity contribution >= 4 is 11.8 Å². The Kier molecular flexibility index (Phi) is 5.33. The highest BCUT2D eigenvalue weighted by Crippen LogP contribution is 2.32. The molecule has 8 heteroatoms. The van der Waals surface area contributed by atoms with Crippen LogP contribution < -0.4 is 5.32 Å². The Morgan fingerprint density at radius 3 is 2.70 bits per heavy atom. The summed E-state index contributed by atoms with van der Waals surface area (Å²) in [6.07, 6.45) is -0.672. The number of alkyl halides is 3. The van der Waals surface area contributed by atoms with E-state index < -0.39 is 24.2 Å². The largest absolute Gasteiger partial charge is 0.472 e. The number of aryl methyl sites for hydroxylation is 1. The van der Waals surface area contributed by atoms with E-state index in [9.17, 15) is 22.8 Å². The third kappa shape index (κ3) is 4.74. The van der Waals surface area contributed by atoms with Crippen LogP contribution in [-0.4, -0.2) is 41.5 Å². The zero-order valence-electron chi connectivity index (χ0n) is 12.7. The van der Waals surface area contributed by atoms with Crippen molar-refractivity contribution in [2.24, 2.45) is 0 Å². The van der Waals surface area contributed by atoms with Crippen molar-refractivity contribution in [3.8, 4) is 0 Å². The van der Waals surface area contributed by atoms with Crippen molar-refractivity contribution in [2.45, 2.75) is 50.9 Å². The molecule has 1 aliphatic heterocycles. The predicted octanol–water partition coefficient (Wildman–Crippen LogP) is 2.27. The summed E-state index contributed by atoms with van der Waals surface area (Å²) in [5.41, 5.74) is 0.881. The summed E-state index contributed by atoms with van der Waals surface area (Å²) in [7, 11) is 0. The maximum atomic E-state index is 12.9. The number of nitrogens with zero attached hydrogens (tertiary/aromatic N) is 1. The molecule has 1 saturated heterocycles. The van der Waals surface area contributed by atoms with Gasteiger partial charge in [0.2, 0.25) is 11.8 Å². The van der Waals surface area contributed by atoms with E-state index in [1.165, 1.54) is 6.26 Å². The fourth-order valence-electron chi connectivity index (χ4n) is 2.77. The summed E-state index contributed by atoms with van der Waals surface area (Å²) in [4.78, 5) is 24.2. The Bertz CT molecular complexity index is 543. The maximum absolute atomic E-state index is 12.9. The van der Waals surface area contributed by atoms with Crippen molar-refractivity contribution in [2.75, 3.05) is 6.54 Å². The highest BCUT2D eigenvalue weighted by molar-refractivity contribution is 5.77. The van der Waals surface area contributed by atoms with Gasteiger partial charge >= 0.3 is 6.18 Å². The van der Waals surface area contributed by atoms with Crippen molar-refractivity contribution in [3.05, 3.63) is 24.2 Å². The topological polar surface area (TPSA) is 62.6 Å². The molecule has 0 aliphatic carbocycles. The summed E-state index contributed by atoms with van der Waals surface area (Å²) in [6.45, 7) is 0.999. The molecule has 5 nitrogen and oxygen atoms in total. The van der Waals surface area contributed by atoms with Crippen LogP contribution >= 0.6 is 0 Å². The minimum Gasteiger partial charge on any atom is -0.472 e. The van der Waals surface area contributed by atoms with E-state index >= 15 is 0 Å². The lowest BCUT2D eigenvalue weighted by Gasteiger charge is -2.40. The van der Waals surface area contributed by atoms with Crippen molar-refractivity contribution in [1.29, 1.82) is 0 Å². The number of carbonyl (C=O) groups excluding carboxylic acids is 2. The molecule has 2 rings (SSSR count). The molecule has 0 aromatic carbocycles. The molecule has 2 atom stereocenters. The number of halogens is 3. The summed E-state index contributed by atoms with van der Waals surface area (Å²) in [5, 5.41) is 2.71. The lowest BCUT2D eigenvalue weighted by atomic mass is 9.97. The molecule has 1 fully saturated rings. The van der Waals surface area contributed by atoms with Crippen LogP contribution in [0.15, 0.2) is 23.0 Å². The zero-order chi connectivity index (χ0) is 17.0. The predicted molar refractivity (Wildman–Crippen MR) is 75.4 cm³/mol. The first kappa shape index (κ1) is 17.4. The van der Waals surface area contributed by atoms with Gasteiger partial charge in [0.05, 0.1) is 12.5 Å². The van der Waals surface area contributed by atoms with E-state index in [1.54, 1.807) is 12.3 Å². The highest BCUT2D eigenvalue weighted by Gasteiger charge is 2.47. The first-order valence-electron chi connectivity index (χ1n) is 7.41. The quantitative estimate of drug-likeness (QED) is 0.920. The Hall–Kier alpha value is -1.99. The summed E-state index contributed by atoms with van der Waals surface area (Å²) < 4.78 is 43.7. The van der Waals surface area contributed by atoms with Crippen molar-refractivity contribution in [1.82, 2.24) is 10.2 Å². The van der Waals surface area contributed by atoms with Gasteiger partial charge in [0, 0.05) is 25.9 Å². The smallest absolute Gasteiger partial charge is 0.408 e. The van der Waals surface area contributed by atoms with Gasteiger partial charge in [0.25, 0.3) is 0 Å². The number of piperidine rings is 1. The second-order valence-corrected chi connectivity index (χ2v) is 5.70. The van der Waals surface area contributed by atoms with E-state index in [1.807, 2.05) is 0 Å². The van der Waals surface area contributed by atoms with Crippen molar-refractivity contribution in [3.63, 3.8) is 0 Å². The minimum absolute atomic E-state index is 0.114. The molecule has 0 radical (unpaired) electrons. The number of nitrogens with one attached hydrogen (secondary N) is 1. The molecular formula is C15H19F3N2O3. The number of hydrogen-bond donors (Lipinski definition) is 1. The Labute approximate surface area is 131 Å². The second kappa shape index (κ2) is 7.06. The number of hydrogen-bond acceptors (Lipinski definition) is 3. The number of amides is 2. The van der Waals surface area contributed by atoms with Gasteiger partial charge in [-0.3, -0.25) is 9.59 Å². The first-order valence-corrected chi connectivity index (χ1v) is 7.41. The Morgan fingerprint density at radius 1 is 1.39 bits per heavy atom. The van der Waals surface area contributed by atoms with Crippen LogP contribution in [0.2, 0.25) is 0 Å². The first-order chi connectivity index (χ1) is 10.8. The molecule has 1 N–H and O–H groups in total. The molecule has 0 bridgehead atoms. The Morgan fingerprint density at radius 2 is 2.13 bits per heavy atom. The molecule has 0 spiro atoms. The number of carbonyl (C=O) groups is 2. The molecular weight excluding hydrogens is 313 g/mol. The van der Waals surface area contributed by atoms with Crippen LogP contribution in [0.5, 0.6) is 0 Å². The number of rotatable bonds is 4. The Balaban J connectivity index is 1.87. The van der Waals surface area contributed by atoms with E-state index in [0.717, 1.165) is 17.4 Å². The highest BCUT2D eigenvalue weighted by atomic mass is 19.4. The summed E-state index contributed by atoms with van der Waals surface area (Å²) in [5.74, 6) is -0.880. The van der Waals surface area contributed by atoms with E-state index in [2.05, 4.69) is 5.32 Å². The van der Waals surface area contributed by atoms with Crippen LogP contribution in [0.1, 0.15) is 31.7 Å². The lowest BCUT2D eigenvalue weighted by molar-refractivity contribution is -0.196. The van der Waals surface area contributed by atoms with Gasteiger partial charge in [-0.1, -0.05) is 0 Å². The van der Waals surface area contributed by atoms with Gasteiger partial charge in [0.15, 0.2) is 0 Å². The van der Waals surface area contributed by atoms with Gasteiger partial charge in [-0.15, -0.1) is 0 Å². The van der Waals surface area contributed by atoms with Gasteiger partial charge in [0.1, 0.15) is 6.04 Å². The standard InChI is InChI=1S/C15H19F3N2O3/c1-10(21)20-8-12(3-4-13(20)15(16,17)18)19-14(22)5-2-11-6-7-23-9-11/h6-7,9,12-13H,2-5,8H2,1H3,(H,19,22)/t12-,13-/m1/s1. The molecule has 1 aromatic heterocycles. The van der Waals surface area contributed by atoms with E-state index in [0.29, 0.717) is 6.42 Å². The molecule has 23 heavy (non-hydrogen) atoms. The molecule has 1 aromatic rings. The molecule has 0 saturated carbocycles. The van der Waals surface area contributed by atoms with Crippen LogP contribution in [-0.2, 0) is 16.0 Å². The van der Waals surface area contributed by atoms with Crippen LogP contribution in [0.3, 0.4) is 0 Å². The zero-order valence-corrected chi connectivity index (χ0v) is 12.7.